The molecule has 0 aliphatic heterocycles. The van der Waals surface area contributed by atoms with Crippen LogP contribution in [0.2, 0.25) is 0 Å². The summed E-state index contributed by atoms with van der Waals surface area (Å²) in [5.41, 5.74) is 2.33. The molecule has 1 aromatic carbocycles. The molecule has 0 unspecified atom stereocenters. The molecule has 0 saturated carbocycles. The molecule has 0 aliphatic rings. The van der Waals surface area contributed by atoms with Crippen LogP contribution in [0.4, 0.5) is 13.2 Å². The number of pyridine rings is 1. The minimum absolute atomic E-state index is 0.0677. The van der Waals surface area contributed by atoms with Crippen LogP contribution in [-0.2, 0) is 19.3 Å². The van der Waals surface area contributed by atoms with Gasteiger partial charge in [-0.25, -0.2) is 0 Å². The van der Waals surface area contributed by atoms with Crippen LogP contribution in [-0.4, -0.2) is 27.4 Å². The van der Waals surface area contributed by atoms with Crippen LogP contribution < -0.4 is 0 Å². The summed E-state index contributed by atoms with van der Waals surface area (Å²) in [4.78, 5) is 18.6. The van der Waals surface area contributed by atoms with Crippen molar-refractivity contribution in [3.63, 3.8) is 0 Å². The van der Waals surface area contributed by atoms with E-state index in [1.165, 1.54) is 24.1 Å². The molecule has 7 heteroatoms. The zero-order valence-corrected chi connectivity index (χ0v) is 16.5. The molecule has 4 nitrogen and oxygen atoms in total. The van der Waals surface area contributed by atoms with Crippen molar-refractivity contribution in [1.29, 1.82) is 0 Å². The predicted molar refractivity (Wildman–Crippen MR) is 104 cm³/mol. The normalized spacial score (nSPS) is 11.5. The summed E-state index contributed by atoms with van der Waals surface area (Å²) >= 11 is 0. The van der Waals surface area contributed by atoms with Gasteiger partial charge in [0, 0.05) is 31.2 Å². The lowest BCUT2D eigenvalue weighted by molar-refractivity contribution is -0.138. The quantitative estimate of drug-likeness (QED) is 0.614. The maximum atomic E-state index is 13.2. The highest BCUT2D eigenvalue weighted by molar-refractivity contribution is 5.95. The van der Waals surface area contributed by atoms with Crippen molar-refractivity contribution in [1.82, 2.24) is 14.5 Å². The van der Waals surface area contributed by atoms with Crippen molar-refractivity contribution in [3.05, 3.63) is 88.5 Å². The highest BCUT2D eigenvalue weighted by Crippen LogP contribution is 2.32. The van der Waals surface area contributed by atoms with Crippen molar-refractivity contribution in [2.24, 2.45) is 0 Å². The van der Waals surface area contributed by atoms with E-state index in [4.69, 9.17) is 0 Å². The molecule has 0 aliphatic carbocycles. The summed E-state index contributed by atoms with van der Waals surface area (Å²) < 4.78 is 41.7. The molecule has 152 valence electrons. The SMILES string of the molecule is Cc1cc(C(=O)N(C)Cc2ccccc2C(F)(F)F)c(C)n1Cc1ccccn1. The average Bonchev–Trinajstić information content (AvgIpc) is 2.96. The fraction of sp³-hybridized carbons (Fsp3) is 0.273. The third-order valence-electron chi connectivity index (χ3n) is 4.93. The van der Waals surface area contributed by atoms with E-state index >= 15 is 0 Å². The Morgan fingerprint density at radius 2 is 1.79 bits per heavy atom. The van der Waals surface area contributed by atoms with Crippen molar-refractivity contribution in [3.8, 4) is 0 Å². The molecule has 0 N–H and O–H groups in total. The monoisotopic (exact) mass is 401 g/mol. The molecule has 0 fully saturated rings. The van der Waals surface area contributed by atoms with Gasteiger partial charge in [-0.15, -0.1) is 0 Å². The van der Waals surface area contributed by atoms with E-state index in [0.717, 1.165) is 23.1 Å². The Bertz CT molecular complexity index is 1010. The number of hydrogen-bond acceptors (Lipinski definition) is 2. The Hall–Kier alpha value is -3.09. The topological polar surface area (TPSA) is 38.1 Å². The lowest BCUT2D eigenvalue weighted by atomic mass is 10.1. The van der Waals surface area contributed by atoms with E-state index in [1.54, 1.807) is 18.3 Å². The predicted octanol–water partition coefficient (Wildman–Crippen LogP) is 4.84. The van der Waals surface area contributed by atoms with Gasteiger partial charge in [0.15, 0.2) is 0 Å². The molecule has 0 spiro atoms. The first-order valence-electron chi connectivity index (χ1n) is 9.15. The number of alkyl halides is 3. The second-order valence-corrected chi connectivity index (χ2v) is 7.01. The Morgan fingerprint density at radius 3 is 2.45 bits per heavy atom. The minimum atomic E-state index is -4.46. The maximum absolute atomic E-state index is 13.2. The zero-order valence-electron chi connectivity index (χ0n) is 16.5. The lowest BCUT2D eigenvalue weighted by Gasteiger charge is -2.20. The van der Waals surface area contributed by atoms with Crippen LogP contribution in [0, 0.1) is 13.8 Å². The van der Waals surface area contributed by atoms with E-state index in [0.29, 0.717) is 12.1 Å². The molecular weight excluding hydrogens is 379 g/mol. The smallest absolute Gasteiger partial charge is 0.342 e. The summed E-state index contributed by atoms with van der Waals surface area (Å²) in [6.45, 7) is 4.12. The second-order valence-electron chi connectivity index (χ2n) is 7.01. The number of carbonyl (C=O) groups excluding carboxylic acids is 1. The van der Waals surface area contributed by atoms with Gasteiger partial charge in [0.2, 0.25) is 0 Å². The van der Waals surface area contributed by atoms with Gasteiger partial charge in [-0.05, 0) is 43.7 Å². The van der Waals surface area contributed by atoms with Gasteiger partial charge < -0.3 is 9.47 Å². The van der Waals surface area contributed by atoms with E-state index in [9.17, 15) is 18.0 Å². The first-order valence-corrected chi connectivity index (χ1v) is 9.15. The molecule has 0 atom stereocenters. The van der Waals surface area contributed by atoms with Crippen molar-refractivity contribution in [2.45, 2.75) is 33.1 Å². The number of rotatable bonds is 5. The number of carbonyl (C=O) groups is 1. The Balaban J connectivity index is 1.83. The summed E-state index contributed by atoms with van der Waals surface area (Å²) in [6, 6.07) is 12.7. The number of benzene rings is 1. The molecule has 0 saturated heterocycles. The third kappa shape index (κ3) is 4.50. The largest absolute Gasteiger partial charge is 0.416 e. The molecule has 1 amide bonds. The standard InChI is InChI=1S/C22H22F3N3O/c1-15-12-19(16(2)28(15)14-18-9-6-7-11-26-18)21(29)27(3)13-17-8-4-5-10-20(17)22(23,24)25/h4-12H,13-14H2,1-3H3. The first-order chi connectivity index (χ1) is 13.7. The van der Waals surface area contributed by atoms with Crippen LogP contribution in [0.3, 0.4) is 0 Å². The Kier molecular flexibility index (Phi) is 5.77. The molecule has 2 aromatic heterocycles. The third-order valence-corrected chi connectivity index (χ3v) is 4.93. The lowest BCUT2D eigenvalue weighted by Crippen LogP contribution is -2.28. The molecule has 0 bridgehead atoms. The fourth-order valence-electron chi connectivity index (χ4n) is 3.38. The van der Waals surface area contributed by atoms with Crippen LogP contribution in [0.25, 0.3) is 0 Å². The highest BCUT2D eigenvalue weighted by Gasteiger charge is 2.33. The average molecular weight is 401 g/mol. The molecule has 2 heterocycles. The van der Waals surface area contributed by atoms with Crippen LogP contribution >= 0.6 is 0 Å². The summed E-state index contributed by atoms with van der Waals surface area (Å²) in [6.07, 6.45) is -2.75. The fourth-order valence-corrected chi connectivity index (χ4v) is 3.38. The molecule has 0 radical (unpaired) electrons. The van der Waals surface area contributed by atoms with Crippen molar-refractivity contribution in [2.75, 3.05) is 7.05 Å². The Morgan fingerprint density at radius 1 is 1.10 bits per heavy atom. The van der Waals surface area contributed by atoms with E-state index in [1.807, 2.05) is 36.6 Å². The molecule has 29 heavy (non-hydrogen) atoms. The number of aromatic nitrogens is 2. The molecule has 3 aromatic rings. The van der Waals surface area contributed by atoms with Gasteiger partial charge in [-0.3, -0.25) is 9.78 Å². The number of aryl methyl sites for hydroxylation is 1. The Labute approximate surface area is 167 Å². The van der Waals surface area contributed by atoms with Crippen molar-refractivity contribution < 1.29 is 18.0 Å². The first kappa shape index (κ1) is 20.6. The van der Waals surface area contributed by atoms with Gasteiger partial charge in [-0.1, -0.05) is 24.3 Å². The van der Waals surface area contributed by atoms with Crippen LogP contribution in [0.1, 0.15) is 38.6 Å². The number of halogens is 3. The summed E-state index contributed by atoms with van der Waals surface area (Å²) in [5.74, 6) is -0.317. The highest BCUT2D eigenvalue weighted by atomic mass is 19.4. The molecule has 3 rings (SSSR count). The second kappa shape index (κ2) is 8.11. The number of amides is 1. The van der Waals surface area contributed by atoms with Gasteiger partial charge >= 0.3 is 6.18 Å². The zero-order chi connectivity index (χ0) is 21.2. The van der Waals surface area contributed by atoms with Gasteiger partial charge in [-0.2, -0.15) is 13.2 Å². The van der Waals surface area contributed by atoms with Gasteiger partial charge in [0.1, 0.15) is 0 Å². The molecular formula is C22H22F3N3O. The van der Waals surface area contributed by atoms with E-state index in [2.05, 4.69) is 4.98 Å². The van der Waals surface area contributed by atoms with Crippen molar-refractivity contribution >= 4 is 5.91 Å². The van der Waals surface area contributed by atoms with Crippen LogP contribution in [0.5, 0.6) is 0 Å². The van der Waals surface area contributed by atoms with E-state index < -0.39 is 11.7 Å². The van der Waals surface area contributed by atoms with Crippen LogP contribution in [0.15, 0.2) is 54.7 Å². The number of nitrogens with zero attached hydrogens (tertiary/aromatic N) is 3. The van der Waals surface area contributed by atoms with Gasteiger partial charge in [0.05, 0.1) is 23.4 Å². The van der Waals surface area contributed by atoms with Gasteiger partial charge in [0.25, 0.3) is 5.91 Å². The summed E-state index contributed by atoms with van der Waals surface area (Å²) in [5, 5.41) is 0. The maximum Gasteiger partial charge on any atom is 0.416 e. The number of hydrogen-bond donors (Lipinski definition) is 0. The van der Waals surface area contributed by atoms with E-state index in [-0.39, 0.29) is 18.0 Å². The summed E-state index contributed by atoms with van der Waals surface area (Å²) in [7, 11) is 1.51. The minimum Gasteiger partial charge on any atom is -0.342 e.